The first-order valence-corrected chi connectivity index (χ1v) is 6.51. The van der Waals surface area contributed by atoms with Crippen molar-refractivity contribution in [2.75, 3.05) is 11.9 Å². The van der Waals surface area contributed by atoms with E-state index in [1.807, 2.05) is 31.2 Å². The predicted octanol–water partition coefficient (Wildman–Crippen LogP) is 2.85. The molecule has 2 rings (SSSR count). The maximum absolute atomic E-state index is 5.43. The maximum atomic E-state index is 5.43. The number of rotatable bonds is 2. The first kappa shape index (κ1) is 12.9. The number of hydrogen-bond donors (Lipinski definition) is 3. The lowest BCUT2D eigenvalue weighted by molar-refractivity contribution is 0.986. The van der Waals surface area contributed by atoms with Gasteiger partial charge in [-0.25, -0.2) is 5.84 Å². The Morgan fingerprint density at radius 3 is 2.61 bits per heavy atom. The van der Waals surface area contributed by atoms with Crippen LogP contribution in [-0.4, -0.2) is 12.5 Å². The standard InChI is InChI=1S/C13H15BrN4/c1-2-16-13(18-15)17-12-8-7-11(14)9-5-3-4-6-10(9)12/h3-8H,2,15H2,1H3,(H2,16,17,18). The quantitative estimate of drug-likeness (QED) is 0.346. The minimum absolute atomic E-state index is 0.560. The van der Waals surface area contributed by atoms with Crippen molar-refractivity contribution in [3.63, 3.8) is 0 Å². The second kappa shape index (κ2) is 5.84. The predicted molar refractivity (Wildman–Crippen MR) is 80.6 cm³/mol. The van der Waals surface area contributed by atoms with E-state index in [1.54, 1.807) is 0 Å². The topological polar surface area (TPSA) is 62.4 Å². The van der Waals surface area contributed by atoms with Gasteiger partial charge in [-0.3, -0.25) is 10.4 Å². The fraction of sp³-hybridized carbons (Fsp3) is 0.154. The number of guanidine groups is 1. The Balaban J connectivity index is 2.46. The highest BCUT2D eigenvalue weighted by atomic mass is 79.9. The van der Waals surface area contributed by atoms with Crippen LogP contribution in [0, 0.1) is 0 Å². The molecule has 0 aliphatic rings. The summed E-state index contributed by atoms with van der Waals surface area (Å²) in [5.41, 5.74) is 3.53. The number of benzene rings is 2. The molecule has 0 saturated heterocycles. The van der Waals surface area contributed by atoms with Crippen LogP contribution in [0.4, 0.5) is 5.69 Å². The average Bonchev–Trinajstić information content (AvgIpc) is 2.41. The van der Waals surface area contributed by atoms with E-state index in [0.29, 0.717) is 12.5 Å². The van der Waals surface area contributed by atoms with Crippen molar-refractivity contribution < 1.29 is 0 Å². The minimum Gasteiger partial charge on any atom is -0.325 e. The van der Waals surface area contributed by atoms with Gasteiger partial charge in [-0.2, -0.15) is 0 Å². The zero-order valence-corrected chi connectivity index (χ0v) is 11.7. The Morgan fingerprint density at radius 2 is 1.94 bits per heavy atom. The molecule has 2 aromatic rings. The summed E-state index contributed by atoms with van der Waals surface area (Å²) in [4.78, 5) is 4.22. The number of hydrogen-bond acceptors (Lipinski definition) is 2. The Kier molecular flexibility index (Phi) is 4.17. The van der Waals surface area contributed by atoms with Gasteiger partial charge in [0, 0.05) is 22.1 Å². The maximum Gasteiger partial charge on any atom is 0.210 e. The van der Waals surface area contributed by atoms with Gasteiger partial charge in [0.25, 0.3) is 0 Å². The Hall–Kier alpha value is -1.59. The van der Waals surface area contributed by atoms with Crippen molar-refractivity contribution in [1.82, 2.24) is 5.43 Å². The Labute approximate surface area is 114 Å². The number of nitrogens with one attached hydrogen (secondary N) is 2. The average molecular weight is 307 g/mol. The van der Waals surface area contributed by atoms with Gasteiger partial charge in [-0.15, -0.1) is 0 Å². The van der Waals surface area contributed by atoms with Crippen molar-refractivity contribution in [3.05, 3.63) is 40.9 Å². The SMILES string of the molecule is CCN=C(NN)Nc1ccc(Br)c2ccccc12. The van der Waals surface area contributed by atoms with Crippen molar-refractivity contribution >= 4 is 38.3 Å². The molecule has 0 aliphatic heterocycles. The van der Waals surface area contributed by atoms with E-state index >= 15 is 0 Å². The molecule has 5 heteroatoms. The first-order chi connectivity index (χ1) is 8.76. The lowest BCUT2D eigenvalue weighted by Crippen LogP contribution is -2.36. The van der Waals surface area contributed by atoms with Crippen LogP contribution in [0.5, 0.6) is 0 Å². The monoisotopic (exact) mass is 306 g/mol. The molecular weight excluding hydrogens is 292 g/mol. The smallest absolute Gasteiger partial charge is 0.210 e. The minimum atomic E-state index is 0.560. The molecule has 4 nitrogen and oxygen atoms in total. The molecule has 2 aromatic carbocycles. The zero-order chi connectivity index (χ0) is 13.0. The number of fused-ring (bicyclic) bond motifs is 1. The molecule has 0 unspecified atom stereocenters. The van der Waals surface area contributed by atoms with Crippen LogP contribution in [0.25, 0.3) is 10.8 Å². The van der Waals surface area contributed by atoms with Crippen LogP contribution in [0.3, 0.4) is 0 Å². The lowest BCUT2D eigenvalue weighted by Gasteiger charge is -2.12. The highest BCUT2D eigenvalue weighted by molar-refractivity contribution is 9.10. The molecule has 0 spiro atoms. The molecule has 0 fully saturated rings. The van der Waals surface area contributed by atoms with Gasteiger partial charge in [0.15, 0.2) is 0 Å². The summed E-state index contributed by atoms with van der Waals surface area (Å²) < 4.78 is 1.07. The van der Waals surface area contributed by atoms with Crippen molar-refractivity contribution in [2.24, 2.45) is 10.8 Å². The van der Waals surface area contributed by atoms with Gasteiger partial charge in [-0.05, 0) is 24.4 Å². The zero-order valence-electron chi connectivity index (χ0n) is 10.1. The molecule has 0 saturated carbocycles. The van der Waals surface area contributed by atoms with E-state index in [4.69, 9.17) is 5.84 Å². The third-order valence-corrected chi connectivity index (χ3v) is 3.27. The fourth-order valence-electron chi connectivity index (χ4n) is 1.78. The molecule has 0 radical (unpaired) electrons. The van der Waals surface area contributed by atoms with E-state index in [0.717, 1.165) is 20.9 Å². The third kappa shape index (κ3) is 2.63. The molecule has 0 atom stereocenters. The van der Waals surface area contributed by atoms with Crippen LogP contribution < -0.4 is 16.6 Å². The Morgan fingerprint density at radius 1 is 1.22 bits per heavy atom. The summed E-state index contributed by atoms with van der Waals surface area (Å²) in [6.07, 6.45) is 0. The highest BCUT2D eigenvalue weighted by Crippen LogP contribution is 2.29. The van der Waals surface area contributed by atoms with E-state index in [-0.39, 0.29) is 0 Å². The summed E-state index contributed by atoms with van der Waals surface area (Å²) in [6.45, 7) is 2.62. The van der Waals surface area contributed by atoms with Crippen molar-refractivity contribution in [2.45, 2.75) is 6.92 Å². The van der Waals surface area contributed by atoms with Gasteiger partial charge in [0.2, 0.25) is 5.96 Å². The van der Waals surface area contributed by atoms with E-state index < -0.39 is 0 Å². The van der Waals surface area contributed by atoms with E-state index in [9.17, 15) is 0 Å². The number of nitrogens with zero attached hydrogens (tertiary/aromatic N) is 1. The van der Waals surface area contributed by atoms with Gasteiger partial charge < -0.3 is 5.32 Å². The molecule has 94 valence electrons. The van der Waals surface area contributed by atoms with Gasteiger partial charge in [-0.1, -0.05) is 40.2 Å². The summed E-state index contributed by atoms with van der Waals surface area (Å²) in [5.74, 6) is 5.99. The van der Waals surface area contributed by atoms with Gasteiger partial charge in [0.1, 0.15) is 0 Å². The summed E-state index contributed by atoms with van der Waals surface area (Å²) >= 11 is 3.55. The number of hydrazine groups is 1. The highest BCUT2D eigenvalue weighted by Gasteiger charge is 2.05. The molecule has 0 heterocycles. The van der Waals surface area contributed by atoms with Crippen LogP contribution in [-0.2, 0) is 0 Å². The molecule has 0 aliphatic carbocycles. The number of anilines is 1. The van der Waals surface area contributed by atoms with Crippen LogP contribution in [0.2, 0.25) is 0 Å². The van der Waals surface area contributed by atoms with Crippen LogP contribution >= 0.6 is 15.9 Å². The first-order valence-electron chi connectivity index (χ1n) is 5.71. The molecule has 4 N–H and O–H groups in total. The van der Waals surface area contributed by atoms with Crippen LogP contribution in [0.1, 0.15) is 6.92 Å². The van der Waals surface area contributed by atoms with Crippen LogP contribution in [0.15, 0.2) is 45.9 Å². The molecular formula is C13H15BrN4. The van der Waals surface area contributed by atoms with Crippen molar-refractivity contribution in [3.8, 4) is 0 Å². The largest absolute Gasteiger partial charge is 0.325 e. The van der Waals surface area contributed by atoms with Gasteiger partial charge in [0.05, 0.1) is 0 Å². The lowest BCUT2D eigenvalue weighted by atomic mass is 10.1. The molecule has 0 amide bonds. The fourth-order valence-corrected chi connectivity index (χ4v) is 2.26. The second-order valence-corrected chi connectivity index (χ2v) is 4.59. The summed E-state index contributed by atoms with van der Waals surface area (Å²) in [7, 11) is 0. The molecule has 0 aromatic heterocycles. The number of aliphatic imine (C=N–C) groups is 1. The Bertz CT molecular complexity index is 580. The summed E-state index contributed by atoms with van der Waals surface area (Å²) in [6, 6.07) is 12.1. The van der Waals surface area contributed by atoms with E-state index in [2.05, 4.69) is 43.8 Å². The number of halogens is 1. The second-order valence-electron chi connectivity index (χ2n) is 3.73. The van der Waals surface area contributed by atoms with Gasteiger partial charge >= 0.3 is 0 Å². The molecule has 18 heavy (non-hydrogen) atoms. The molecule has 0 bridgehead atoms. The third-order valence-electron chi connectivity index (χ3n) is 2.58. The van der Waals surface area contributed by atoms with E-state index in [1.165, 1.54) is 0 Å². The summed E-state index contributed by atoms with van der Waals surface area (Å²) in [5, 5.41) is 5.46. The normalized spacial score (nSPS) is 11.6. The van der Waals surface area contributed by atoms with Crippen molar-refractivity contribution in [1.29, 1.82) is 0 Å². The number of nitrogens with two attached hydrogens (primary N) is 1.